The van der Waals surface area contributed by atoms with Gasteiger partial charge in [-0.05, 0) is 127 Å². The minimum Gasteiger partial charge on any atom is -0.506 e. The maximum atomic E-state index is 12.2. The Kier molecular flexibility index (Phi) is 11.7. The minimum absolute atomic E-state index is 0.00582. The summed E-state index contributed by atoms with van der Waals surface area (Å²) in [6.45, 7) is 0. The highest BCUT2D eigenvalue weighted by molar-refractivity contribution is 14.1. The number of carboxylic acids is 1. The maximum Gasteiger partial charge on any atom is 0.328 e. The van der Waals surface area contributed by atoms with Crippen LogP contribution >= 0.6 is 90.4 Å². The summed E-state index contributed by atoms with van der Waals surface area (Å²) in [4.78, 5) is 35.0. The molecule has 0 spiro atoms. The van der Waals surface area contributed by atoms with Crippen molar-refractivity contribution in [1.82, 2.24) is 5.32 Å². The third-order valence-corrected chi connectivity index (χ3v) is 7.57. The zero-order chi connectivity index (χ0) is 24.7. The Hall–Kier alpha value is -0.630. The average Bonchev–Trinajstić information content (AvgIpc) is 2.73. The summed E-state index contributed by atoms with van der Waals surface area (Å²) >= 11 is 8.36. The molecule has 0 fully saturated rings. The third-order valence-electron chi connectivity index (χ3n) is 4.32. The molecule has 2 aromatic carbocycles. The second-order valence-electron chi connectivity index (χ2n) is 6.82. The molecule has 0 aliphatic carbocycles. The number of hydrogen-bond donors (Lipinski definition) is 3. The van der Waals surface area contributed by atoms with Gasteiger partial charge >= 0.3 is 11.9 Å². The van der Waals surface area contributed by atoms with E-state index in [2.05, 4.69) is 50.5 Å². The average molecular weight is 905 g/mol. The first-order valence-corrected chi connectivity index (χ1v) is 13.8. The van der Waals surface area contributed by atoms with Crippen LogP contribution in [0.4, 0.5) is 0 Å². The van der Waals surface area contributed by atoms with Gasteiger partial charge in [0, 0.05) is 19.3 Å². The monoisotopic (exact) mass is 905 g/mol. The Morgan fingerprint density at radius 1 is 0.970 bits per heavy atom. The van der Waals surface area contributed by atoms with E-state index in [-0.39, 0.29) is 31.4 Å². The summed E-state index contributed by atoms with van der Waals surface area (Å²) in [6.07, 6.45) is 0.282. The molecule has 0 saturated carbocycles. The largest absolute Gasteiger partial charge is 0.506 e. The Bertz CT molecular complexity index is 1010. The first kappa shape index (κ1) is 28.6. The number of carbonyl (C=O) groups is 3. The first-order chi connectivity index (χ1) is 15.5. The van der Waals surface area contributed by atoms with Crippen molar-refractivity contribution in [2.75, 3.05) is 7.11 Å². The molecule has 0 radical (unpaired) electrons. The van der Waals surface area contributed by atoms with E-state index in [0.29, 0.717) is 18.6 Å². The van der Waals surface area contributed by atoms with Crippen LogP contribution in [0.1, 0.15) is 24.8 Å². The molecule has 178 valence electrons. The van der Waals surface area contributed by atoms with Crippen LogP contribution in [0.25, 0.3) is 0 Å². The van der Waals surface area contributed by atoms with E-state index in [1.165, 1.54) is 7.11 Å². The summed E-state index contributed by atoms with van der Waals surface area (Å²) in [5.74, 6) is -0.527. The van der Waals surface area contributed by atoms with Gasteiger partial charge in [0.15, 0.2) is 5.75 Å². The van der Waals surface area contributed by atoms with Crippen molar-refractivity contribution >= 4 is 108 Å². The van der Waals surface area contributed by atoms with Crippen LogP contribution in [0.2, 0.25) is 0 Å². The summed E-state index contributed by atoms with van der Waals surface area (Å²) < 4.78 is 13.9. The number of rotatable bonds is 10. The standard InChI is InChI=1S/C21H19I4NO7/c1-32-21(31)16(26-17(27)3-2-4-18(28)29)7-10-5-14(24)20(15(25)6-10)33-11-8-12(22)19(30)13(23)9-11/h5-6,8-9,16,30H,2-4,7H2,1H3,(H,26,27)(H,28,29)/t16-/m0/s1. The van der Waals surface area contributed by atoms with Gasteiger partial charge in [-0.2, -0.15) is 0 Å². The van der Waals surface area contributed by atoms with Crippen LogP contribution in [0.3, 0.4) is 0 Å². The smallest absolute Gasteiger partial charge is 0.328 e. The number of halogens is 4. The van der Waals surface area contributed by atoms with E-state index in [1.807, 2.05) is 57.3 Å². The highest BCUT2D eigenvalue weighted by Gasteiger charge is 2.23. The molecule has 1 atom stereocenters. The number of benzene rings is 2. The van der Waals surface area contributed by atoms with Crippen LogP contribution < -0.4 is 10.1 Å². The molecule has 0 aliphatic heterocycles. The Morgan fingerprint density at radius 3 is 2.06 bits per heavy atom. The molecule has 0 saturated heterocycles. The van der Waals surface area contributed by atoms with Crippen molar-refractivity contribution in [3.05, 3.63) is 44.1 Å². The molecule has 0 aliphatic rings. The molecular weight excluding hydrogens is 886 g/mol. The van der Waals surface area contributed by atoms with Crippen LogP contribution in [0.15, 0.2) is 24.3 Å². The fourth-order valence-electron chi connectivity index (χ4n) is 2.78. The summed E-state index contributed by atoms with van der Waals surface area (Å²) in [5, 5.41) is 21.3. The van der Waals surface area contributed by atoms with E-state index in [0.717, 1.165) is 12.7 Å². The number of phenols is 1. The van der Waals surface area contributed by atoms with Crippen molar-refractivity contribution < 1.29 is 34.1 Å². The topological polar surface area (TPSA) is 122 Å². The van der Waals surface area contributed by atoms with Gasteiger partial charge < -0.3 is 25.0 Å². The Morgan fingerprint density at radius 2 is 1.55 bits per heavy atom. The van der Waals surface area contributed by atoms with Crippen molar-refractivity contribution in [3.63, 3.8) is 0 Å². The molecule has 12 heteroatoms. The van der Waals surface area contributed by atoms with Crippen LogP contribution in [-0.2, 0) is 25.5 Å². The predicted molar refractivity (Wildman–Crippen MR) is 155 cm³/mol. The third kappa shape index (κ3) is 8.83. The normalized spacial score (nSPS) is 11.5. The van der Waals surface area contributed by atoms with Gasteiger partial charge in [-0.3, -0.25) is 9.59 Å². The number of amides is 1. The van der Waals surface area contributed by atoms with Gasteiger partial charge in [-0.15, -0.1) is 0 Å². The van der Waals surface area contributed by atoms with Gasteiger partial charge in [0.1, 0.15) is 17.5 Å². The van der Waals surface area contributed by atoms with Crippen molar-refractivity contribution in [3.8, 4) is 17.2 Å². The molecular formula is C21H19I4NO7. The lowest BCUT2D eigenvalue weighted by Gasteiger charge is -2.18. The lowest BCUT2D eigenvalue weighted by Crippen LogP contribution is -2.43. The number of phenolic OH excluding ortho intramolecular Hbond substituents is 1. The van der Waals surface area contributed by atoms with Gasteiger partial charge in [0.25, 0.3) is 0 Å². The van der Waals surface area contributed by atoms with E-state index in [9.17, 15) is 19.5 Å². The van der Waals surface area contributed by atoms with Crippen LogP contribution in [-0.4, -0.2) is 41.2 Å². The number of ether oxygens (including phenoxy) is 2. The molecule has 1 amide bonds. The Balaban J connectivity index is 2.17. The van der Waals surface area contributed by atoms with Crippen LogP contribution in [0.5, 0.6) is 17.2 Å². The summed E-state index contributed by atoms with van der Waals surface area (Å²) in [7, 11) is 1.25. The van der Waals surface area contributed by atoms with Gasteiger partial charge in [0.2, 0.25) is 5.91 Å². The zero-order valence-electron chi connectivity index (χ0n) is 17.2. The van der Waals surface area contributed by atoms with E-state index in [4.69, 9.17) is 14.6 Å². The highest BCUT2D eigenvalue weighted by atomic mass is 127. The second-order valence-corrected chi connectivity index (χ2v) is 11.5. The zero-order valence-corrected chi connectivity index (χ0v) is 25.8. The molecule has 8 nitrogen and oxygen atoms in total. The lowest BCUT2D eigenvalue weighted by molar-refractivity contribution is -0.145. The minimum atomic E-state index is -0.976. The molecule has 0 unspecified atom stereocenters. The number of nitrogens with one attached hydrogen (secondary N) is 1. The highest BCUT2D eigenvalue weighted by Crippen LogP contribution is 2.37. The first-order valence-electron chi connectivity index (χ1n) is 9.44. The molecule has 3 N–H and O–H groups in total. The number of carbonyl (C=O) groups excluding carboxylic acids is 2. The van der Waals surface area contributed by atoms with Gasteiger partial charge in [-0.25, -0.2) is 4.79 Å². The Labute approximate surface area is 245 Å². The predicted octanol–water partition coefficient (Wildman–Crippen LogP) is 5.06. The van der Waals surface area contributed by atoms with Crippen LogP contribution in [0, 0.1) is 14.3 Å². The second kappa shape index (κ2) is 13.5. The molecule has 0 heterocycles. The van der Waals surface area contributed by atoms with E-state index < -0.39 is 23.9 Å². The molecule has 33 heavy (non-hydrogen) atoms. The van der Waals surface area contributed by atoms with Gasteiger partial charge in [0.05, 0.1) is 21.4 Å². The quantitative estimate of drug-likeness (QED) is 0.226. The van der Waals surface area contributed by atoms with Crippen molar-refractivity contribution in [2.45, 2.75) is 31.7 Å². The maximum absolute atomic E-state index is 12.2. The van der Waals surface area contributed by atoms with E-state index in [1.54, 1.807) is 12.1 Å². The molecule has 2 aromatic rings. The van der Waals surface area contributed by atoms with Crippen molar-refractivity contribution in [1.29, 1.82) is 0 Å². The summed E-state index contributed by atoms with van der Waals surface area (Å²) in [5.41, 5.74) is 0.798. The fourth-order valence-corrected chi connectivity index (χ4v) is 6.61. The number of esters is 1. The SMILES string of the molecule is COC(=O)[C@H](Cc1cc(I)c(Oc2cc(I)c(O)c(I)c2)c(I)c1)NC(=O)CCCC(=O)O. The molecule has 2 rings (SSSR count). The van der Waals surface area contributed by atoms with E-state index >= 15 is 0 Å². The lowest BCUT2D eigenvalue weighted by atomic mass is 10.1. The fraction of sp³-hybridized carbons (Fsp3) is 0.286. The number of aliphatic carboxylic acids is 1. The van der Waals surface area contributed by atoms with Gasteiger partial charge in [-0.1, -0.05) is 0 Å². The molecule has 0 aromatic heterocycles. The molecule has 0 bridgehead atoms. The number of carboxylic acid groups (broad SMARTS) is 1. The number of hydrogen-bond acceptors (Lipinski definition) is 6. The van der Waals surface area contributed by atoms with Crippen molar-refractivity contribution in [2.24, 2.45) is 0 Å². The number of methoxy groups -OCH3 is 1. The summed E-state index contributed by atoms with van der Waals surface area (Å²) in [6, 6.07) is 6.31. The number of aromatic hydroxyl groups is 1.